The van der Waals surface area contributed by atoms with Crippen LogP contribution in [0.25, 0.3) is 0 Å². The van der Waals surface area contributed by atoms with Crippen molar-refractivity contribution in [2.24, 2.45) is 0 Å². The molecule has 0 aliphatic heterocycles. The van der Waals surface area contributed by atoms with Gasteiger partial charge in [-0.1, -0.05) is 6.42 Å². The van der Waals surface area contributed by atoms with Crippen LogP contribution in [0.4, 0.5) is 8.78 Å². The molecule has 0 radical (unpaired) electrons. The second kappa shape index (κ2) is 6.94. The number of unbranched alkanes of at least 4 members (excludes halogenated alkanes) is 2. The van der Waals surface area contributed by atoms with E-state index in [2.05, 4.69) is 4.43 Å². The lowest BCUT2D eigenvalue weighted by molar-refractivity contribution is -0.295. The summed E-state index contributed by atoms with van der Waals surface area (Å²) >= 11 is 0. The first kappa shape index (κ1) is 15.2. The maximum Gasteiger partial charge on any atom is 0.267 e. The second-order valence-electron chi connectivity index (χ2n) is 4.29. The van der Waals surface area contributed by atoms with E-state index in [-0.39, 0.29) is 16.9 Å². The van der Waals surface area contributed by atoms with E-state index >= 15 is 0 Å². The van der Waals surface area contributed by atoms with Gasteiger partial charge in [0.2, 0.25) is 0 Å². The highest BCUT2D eigenvalue weighted by atomic mass is 28.2. The molecule has 0 saturated carbocycles. The van der Waals surface area contributed by atoms with E-state index in [0.29, 0.717) is 18.4 Å². The molecule has 3 nitrogen and oxygen atoms in total. The largest absolute Gasteiger partial charge is 0.381 e. The summed E-state index contributed by atoms with van der Waals surface area (Å²) in [5.74, 6) is -3.16. The monoisotopic (exact) mass is 276 g/mol. The predicted octanol–water partition coefficient (Wildman–Crippen LogP) is 1.00. The van der Waals surface area contributed by atoms with Crippen molar-refractivity contribution >= 4 is 10.5 Å². The van der Waals surface area contributed by atoms with E-state index in [1.807, 2.05) is 0 Å². The smallest absolute Gasteiger partial charge is 0.267 e. The molecular formula is C12H18F2O3Si. The first-order valence-corrected chi connectivity index (χ1v) is 6.69. The molecule has 0 saturated heterocycles. The molecule has 0 amide bonds. The fraction of sp³-hybridized carbons (Fsp3) is 0.500. The molecule has 1 aromatic rings. The highest BCUT2D eigenvalue weighted by Gasteiger charge is 2.19. The van der Waals surface area contributed by atoms with Gasteiger partial charge in [0.1, 0.15) is 11.6 Å². The summed E-state index contributed by atoms with van der Waals surface area (Å²) in [5.41, 5.74) is 0.617. The molecule has 0 aliphatic carbocycles. The van der Waals surface area contributed by atoms with Crippen molar-refractivity contribution in [2.45, 2.75) is 38.1 Å². The molecule has 0 spiro atoms. The predicted molar refractivity (Wildman–Crippen MR) is 66.7 cm³/mol. The standard InChI is InChI=1S/C12H18F2O3Si/c13-10-6-9(7-11(14)8-10)4-2-1-3-5-12(15,16)17-18/h6-8,15-16H,1-5H2,18H3. The molecule has 6 heteroatoms. The van der Waals surface area contributed by atoms with Crippen molar-refractivity contribution in [3.8, 4) is 0 Å². The molecular weight excluding hydrogens is 258 g/mol. The minimum Gasteiger partial charge on any atom is -0.381 e. The van der Waals surface area contributed by atoms with Gasteiger partial charge in [0.25, 0.3) is 5.97 Å². The van der Waals surface area contributed by atoms with Gasteiger partial charge in [0.05, 0.1) is 0 Å². The lowest BCUT2D eigenvalue weighted by Gasteiger charge is -2.19. The number of rotatable bonds is 7. The molecule has 102 valence electrons. The maximum atomic E-state index is 12.9. The minimum atomic E-state index is -2.02. The summed E-state index contributed by atoms with van der Waals surface area (Å²) in [7, 11) is 0.261. The third kappa shape index (κ3) is 5.68. The number of aliphatic hydroxyl groups is 2. The topological polar surface area (TPSA) is 49.7 Å². The summed E-state index contributed by atoms with van der Waals surface area (Å²) < 4.78 is 30.4. The number of halogens is 2. The molecule has 0 bridgehead atoms. The Kier molecular flexibility index (Phi) is 5.87. The zero-order chi connectivity index (χ0) is 13.6. The number of hydrogen-bond acceptors (Lipinski definition) is 3. The molecule has 0 heterocycles. The Balaban J connectivity index is 2.26. The molecule has 0 unspecified atom stereocenters. The van der Waals surface area contributed by atoms with Crippen LogP contribution >= 0.6 is 0 Å². The van der Waals surface area contributed by atoms with Gasteiger partial charge in [-0.3, -0.25) is 0 Å². The van der Waals surface area contributed by atoms with Gasteiger partial charge in [0, 0.05) is 12.5 Å². The van der Waals surface area contributed by atoms with Gasteiger partial charge in [-0.05, 0) is 37.0 Å². The van der Waals surface area contributed by atoms with Crippen LogP contribution in [0.15, 0.2) is 18.2 Å². The third-order valence-electron chi connectivity index (χ3n) is 2.72. The van der Waals surface area contributed by atoms with Crippen LogP contribution < -0.4 is 0 Å². The summed E-state index contributed by atoms with van der Waals surface area (Å²) in [6, 6.07) is 3.47. The summed E-state index contributed by atoms with van der Waals surface area (Å²) in [6.45, 7) is 0. The molecule has 0 aromatic heterocycles. The first-order valence-electron chi connectivity index (χ1n) is 5.88. The molecule has 0 atom stereocenters. The highest BCUT2D eigenvalue weighted by molar-refractivity contribution is 5.98. The molecule has 2 N–H and O–H groups in total. The Bertz CT molecular complexity index is 365. The van der Waals surface area contributed by atoms with E-state index in [9.17, 15) is 19.0 Å². The normalized spacial score (nSPS) is 12.0. The van der Waals surface area contributed by atoms with Crippen LogP contribution in [-0.4, -0.2) is 26.7 Å². The van der Waals surface area contributed by atoms with Gasteiger partial charge < -0.3 is 14.6 Å². The van der Waals surface area contributed by atoms with Crippen molar-refractivity contribution in [1.29, 1.82) is 0 Å². The Morgan fingerprint density at radius 2 is 1.67 bits per heavy atom. The van der Waals surface area contributed by atoms with Crippen molar-refractivity contribution < 1.29 is 23.4 Å². The van der Waals surface area contributed by atoms with Crippen molar-refractivity contribution in [2.75, 3.05) is 0 Å². The fourth-order valence-corrected chi connectivity index (χ4v) is 1.92. The van der Waals surface area contributed by atoms with Gasteiger partial charge in [-0.15, -0.1) is 0 Å². The second-order valence-corrected chi connectivity index (χ2v) is 4.69. The zero-order valence-corrected chi connectivity index (χ0v) is 12.3. The summed E-state index contributed by atoms with van der Waals surface area (Å²) in [4.78, 5) is 0. The molecule has 1 aromatic carbocycles. The van der Waals surface area contributed by atoms with E-state index < -0.39 is 17.6 Å². The summed E-state index contributed by atoms with van der Waals surface area (Å²) in [5, 5.41) is 18.4. The number of benzene rings is 1. The van der Waals surface area contributed by atoms with E-state index in [4.69, 9.17) is 0 Å². The zero-order valence-electron chi connectivity index (χ0n) is 10.3. The van der Waals surface area contributed by atoms with Gasteiger partial charge in [-0.2, -0.15) is 0 Å². The molecule has 18 heavy (non-hydrogen) atoms. The Morgan fingerprint density at radius 1 is 1.06 bits per heavy atom. The van der Waals surface area contributed by atoms with Gasteiger partial charge in [-0.25, -0.2) is 8.78 Å². The summed E-state index contributed by atoms with van der Waals surface area (Å²) in [6.07, 6.45) is 2.79. The quantitative estimate of drug-likeness (QED) is 0.444. The van der Waals surface area contributed by atoms with Crippen LogP contribution in [0.1, 0.15) is 31.2 Å². The van der Waals surface area contributed by atoms with Crippen LogP contribution in [0, 0.1) is 11.6 Å². The lowest BCUT2D eigenvalue weighted by Crippen LogP contribution is -2.30. The highest BCUT2D eigenvalue weighted by Crippen LogP contribution is 2.15. The average Bonchev–Trinajstić information content (AvgIpc) is 2.27. The maximum absolute atomic E-state index is 12.9. The van der Waals surface area contributed by atoms with Crippen molar-refractivity contribution in [3.05, 3.63) is 35.4 Å². The molecule has 0 aliphatic rings. The third-order valence-corrected chi connectivity index (χ3v) is 3.37. The van der Waals surface area contributed by atoms with Crippen molar-refractivity contribution in [1.82, 2.24) is 0 Å². The van der Waals surface area contributed by atoms with E-state index in [1.54, 1.807) is 0 Å². The number of aryl methyl sites for hydroxylation is 1. The van der Waals surface area contributed by atoms with E-state index in [0.717, 1.165) is 18.9 Å². The average molecular weight is 276 g/mol. The lowest BCUT2D eigenvalue weighted by atomic mass is 10.1. The Morgan fingerprint density at radius 3 is 2.22 bits per heavy atom. The number of hydrogen-bond donors (Lipinski definition) is 2. The van der Waals surface area contributed by atoms with Gasteiger partial charge in [0.15, 0.2) is 10.5 Å². The SMILES string of the molecule is OC(O)(CCCCCc1cc(F)cc(F)c1)O[SiH3]. The first-order chi connectivity index (χ1) is 8.43. The molecule has 0 fully saturated rings. The van der Waals surface area contributed by atoms with Gasteiger partial charge >= 0.3 is 0 Å². The van der Waals surface area contributed by atoms with Crippen LogP contribution in [0.3, 0.4) is 0 Å². The fourth-order valence-electron chi connectivity index (χ4n) is 1.72. The van der Waals surface area contributed by atoms with Crippen LogP contribution in [-0.2, 0) is 10.8 Å². The van der Waals surface area contributed by atoms with E-state index in [1.165, 1.54) is 12.1 Å². The minimum absolute atomic E-state index is 0.147. The van der Waals surface area contributed by atoms with Crippen LogP contribution in [0.2, 0.25) is 0 Å². The molecule has 1 rings (SSSR count). The Labute approximate surface area is 108 Å². The van der Waals surface area contributed by atoms with Crippen LogP contribution in [0.5, 0.6) is 0 Å². The Hall–Kier alpha value is -0.823. The van der Waals surface area contributed by atoms with Crippen molar-refractivity contribution in [3.63, 3.8) is 0 Å².